The van der Waals surface area contributed by atoms with E-state index in [1.165, 1.54) is 0 Å². The highest BCUT2D eigenvalue weighted by atomic mass is 16.5. The molecule has 134 valence electrons. The second-order valence-electron chi connectivity index (χ2n) is 6.40. The number of rotatable bonds is 4. The van der Waals surface area contributed by atoms with Crippen LogP contribution in [0.1, 0.15) is 42.3 Å². The Balaban J connectivity index is 1.84. The van der Waals surface area contributed by atoms with Gasteiger partial charge < -0.3 is 19.4 Å². The van der Waals surface area contributed by atoms with Crippen LogP contribution in [0, 0.1) is 6.92 Å². The molecule has 1 aromatic carbocycles. The van der Waals surface area contributed by atoms with Crippen LogP contribution in [0.4, 0.5) is 0 Å². The number of nitrogens with zero attached hydrogens (tertiary/aromatic N) is 1. The molecule has 1 N–H and O–H groups in total. The van der Waals surface area contributed by atoms with Crippen molar-refractivity contribution in [2.24, 2.45) is 0 Å². The van der Waals surface area contributed by atoms with Gasteiger partial charge in [-0.05, 0) is 25.8 Å². The normalized spacial score (nSPS) is 17.6. The minimum absolute atomic E-state index is 0.00405. The quantitative estimate of drug-likeness (QED) is 0.926. The molecule has 3 rings (SSSR count). The van der Waals surface area contributed by atoms with Crippen molar-refractivity contribution in [3.63, 3.8) is 0 Å². The zero-order chi connectivity index (χ0) is 18.0. The number of fused-ring (bicyclic) bond motifs is 1. The number of furan rings is 1. The number of amides is 2. The molecule has 0 unspecified atom stereocenters. The number of hydrogen-bond donors (Lipinski definition) is 1. The monoisotopic (exact) mass is 344 g/mol. The minimum Gasteiger partial charge on any atom is -0.493 e. The van der Waals surface area contributed by atoms with Gasteiger partial charge in [0.2, 0.25) is 5.91 Å². The van der Waals surface area contributed by atoms with Crippen LogP contribution < -0.4 is 10.1 Å². The SMILES string of the molecule is CCC(=O)N[C@@H]1CCCN(C(=O)c2oc3c(OC)cccc3c2C)C1. The Labute approximate surface area is 147 Å². The third-order valence-electron chi connectivity index (χ3n) is 4.74. The maximum atomic E-state index is 13.0. The molecule has 1 aromatic heterocycles. The number of piperidine rings is 1. The number of benzene rings is 1. The lowest BCUT2D eigenvalue weighted by Crippen LogP contribution is -2.49. The Bertz CT molecular complexity index is 796. The number of hydrogen-bond acceptors (Lipinski definition) is 4. The van der Waals surface area contributed by atoms with Gasteiger partial charge in [0.1, 0.15) is 0 Å². The van der Waals surface area contributed by atoms with Gasteiger partial charge in [-0.2, -0.15) is 0 Å². The molecule has 2 heterocycles. The lowest BCUT2D eigenvalue weighted by atomic mass is 10.0. The van der Waals surface area contributed by atoms with Crippen LogP contribution in [-0.4, -0.2) is 43.0 Å². The lowest BCUT2D eigenvalue weighted by molar-refractivity contribution is -0.121. The zero-order valence-corrected chi connectivity index (χ0v) is 14.9. The summed E-state index contributed by atoms with van der Waals surface area (Å²) in [5.74, 6) is 0.850. The van der Waals surface area contributed by atoms with E-state index in [2.05, 4.69) is 5.32 Å². The molecule has 2 amide bonds. The van der Waals surface area contributed by atoms with Crippen molar-refractivity contribution in [3.8, 4) is 5.75 Å². The Hall–Kier alpha value is -2.50. The third kappa shape index (κ3) is 3.34. The first-order valence-corrected chi connectivity index (χ1v) is 8.69. The number of carbonyl (C=O) groups excluding carboxylic acids is 2. The maximum Gasteiger partial charge on any atom is 0.289 e. The molecular weight excluding hydrogens is 320 g/mol. The molecule has 0 spiro atoms. The molecule has 2 aromatic rings. The fourth-order valence-corrected chi connectivity index (χ4v) is 3.33. The van der Waals surface area contributed by atoms with Gasteiger partial charge in [-0.25, -0.2) is 0 Å². The largest absolute Gasteiger partial charge is 0.493 e. The highest BCUT2D eigenvalue weighted by Crippen LogP contribution is 2.33. The van der Waals surface area contributed by atoms with Gasteiger partial charge in [-0.3, -0.25) is 9.59 Å². The van der Waals surface area contributed by atoms with Crippen molar-refractivity contribution in [2.75, 3.05) is 20.2 Å². The van der Waals surface area contributed by atoms with Gasteiger partial charge in [0.15, 0.2) is 17.1 Å². The topological polar surface area (TPSA) is 71.8 Å². The van der Waals surface area contributed by atoms with E-state index in [4.69, 9.17) is 9.15 Å². The molecule has 1 aliphatic rings. The summed E-state index contributed by atoms with van der Waals surface area (Å²) >= 11 is 0. The fraction of sp³-hybridized carbons (Fsp3) is 0.474. The molecular formula is C19H24N2O4. The van der Waals surface area contributed by atoms with Gasteiger partial charge in [-0.1, -0.05) is 19.1 Å². The number of methoxy groups -OCH3 is 1. The minimum atomic E-state index is -0.133. The van der Waals surface area contributed by atoms with Crippen LogP contribution in [0.25, 0.3) is 11.0 Å². The standard InChI is InChI=1S/C19H24N2O4/c1-4-16(22)20-13-7-6-10-21(11-13)19(23)17-12(2)14-8-5-9-15(24-3)18(14)25-17/h5,8-9,13H,4,6-7,10-11H2,1-3H3,(H,20,22)/t13-/m1/s1. The fourth-order valence-electron chi connectivity index (χ4n) is 3.33. The van der Waals surface area contributed by atoms with E-state index in [1.54, 1.807) is 12.0 Å². The van der Waals surface area contributed by atoms with Gasteiger partial charge in [0.05, 0.1) is 7.11 Å². The van der Waals surface area contributed by atoms with E-state index in [0.29, 0.717) is 36.6 Å². The van der Waals surface area contributed by atoms with Crippen molar-refractivity contribution in [2.45, 2.75) is 39.2 Å². The van der Waals surface area contributed by atoms with Gasteiger partial charge >= 0.3 is 0 Å². The van der Waals surface area contributed by atoms with E-state index < -0.39 is 0 Å². The highest BCUT2D eigenvalue weighted by molar-refractivity contribution is 6.00. The summed E-state index contributed by atoms with van der Waals surface area (Å²) in [6.45, 7) is 4.90. The summed E-state index contributed by atoms with van der Waals surface area (Å²) in [5, 5.41) is 3.87. The van der Waals surface area contributed by atoms with Crippen LogP contribution in [-0.2, 0) is 4.79 Å². The summed E-state index contributed by atoms with van der Waals surface area (Å²) in [4.78, 5) is 26.4. The van der Waals surface area contributed by atoms with E-state index in [1.807, 2.05) is 32.0 Å². The molecule has 1 fully saturated rings. The second-order valence-corrected chi connectivity index (χ2v) is 6.40. The summed E-state index contributed by atoms with van der Waals surface area (Å²) < 4.78 is 11.2. The van der Waals surface area contributed by atoms with Crippen molar-refractivity contribution in [1.29, 1.82) is 0 Å². The molecule has 0 bridgehead atoms. The molecule has 25 heavy (non-hydrogen) atoms. The molecule has 1 aliphatic heterocycles. The molecule has 1 atom stereocenters. The van der Waals surface area contributed by atoms with Gasteiger partial charge in [0, 0.05) is 36.5 Å². The Morgan fingerprint density at radius 1 is 1.40 bits per heavy atom. The van der Waals surface area contributed by atoms with E-state index >= 15 is 0 Å². The Morgan fingerprint density at radius 2 is 2.20 bits per heavy atom. The Morgan fingerprint density at radius 3 is 2.92 bits per heavy atom. The molecule has 0 saturated carbocycles. The van der Waals surface area contributed by atoms with E-state index in [-0.39, 0.29) is 17.9 Å². The second kappa shape index (κ2) is 7.17. The van der Waals surface area contributed by atoms with Crippen LogP contribution in [0.3, 0.4) is 0 Å². The molecule has 6 heteroatoms. The summed E-state index contributed by atoms with van der Waals surface area (Å²) in [6, 6.07) is 5.63. The number of carbonyl (C=O) groups is 2. The smallest absolute Gasteiger partial charge is 0.289 e. The van der Waals surface area contributed by atoms with Crippen molar-refractivity contribution in [1.82, 2.24) is 10.2 Å². The van der Waals surface area contributed by atoms with Crippen LogP contribution >= 0.6 is 0 Å². The molecule has 1 saturated heterocycles. The number of para-hydroxylation sites is 1. The summed E-state index contributed by atoms with van der Waals surface area (Å²) in [6.07, 6.45) is 2.21. The summed E-state index contributed by atoms with van der Waals surface area (Å²) in [5.41, 5.74) is 1.41. The first-order valence-electron chi connectivity index (χ1n) is 8.69. The number of aryl methyl sites for hydroxylation is 1. The zero-order valence-electron chi connectivity index (χ0n) is 14.9. The highest BCUT2D eigenvalue weighted by Gasteiger charge is 2.29. The number of nitrogens with one attached hydrogen (secondary N) is 1. The Kier molecular flexibility index (Phi) is 4.97. The van der Waals surface area contributed by atoms with Gasteiger partial charge in [0.25, 0.3) is 5.91 Å². The first kappa shape index (κ1) is 17.3. The summed E-state index contributed by atoms with van der Waals surface area (Å²) in [7, 11) is 1.58. The van der Waals surface area contributed by atoms with E-state index in [0.717, 1.165) is 23.8 Å². The van der Waals surface area contributed by atoms with Crippen LogP contribution in [0.5, 0.6) is 5.75 Å². The van der Waals surface area contributed by atoms with Gasteiger partial charge in [-0.15, -0.1) is 0 Å². The predicted octanol–water partition coefficient (Wildman–Crippen LogP) is 2.88. The lowest BCUT2D eigenvalue weighted by Gasteiger charge is -2.32. The maximum absolute atomic E-state index is 13.0. The van der Waals surface area contributed by atoms with Crippen LogP contribution in [0.2, 0.25) is 0 Å². The van der Waals surface area contributed by atoms with Crippen molar-refractivity contribution in [3.05, 3.63) is 29.5 Å². The first-order chi connectivity index (χ1) is 12.0. The average Bonchev–Trinajstić information content (AvgIpc) is 2.98. The van der Waals surface area contributed by atoms with Crippen molar-refractivity contribution >= 4 is 22.8 Å². The van der Waals surface area contributed by atoms with E-state index in [9.17, 15) is 9.59 Å². The van der Waals surface area contributed by atoms with Crippen LogP contribution in [0.15, 0.2) is 22.6 Å². The molecule has 6 nitrogen and oxygen atoms in total. The molecule has 0 radical (unpaired) electrons. The average molecular weight is 344 g/mol. The number of likely N-dealkylation sites (tertiary alicyclic amines) is 1. The third-order valence-corrected chi connectivity index (χ3v) is 4.74. The molecule has 0 aliphatic carbocycles. The predicted molar refractivity (Wildman–Crippen MR) is 94.9 cm³/mol. The number of ether oxygens (including phenoxy) is 1. The van der Waals surface area contributed by atoms with Crippen molar-refractivity contribution < 1.29 is 18.7 Å².